The molecule has 1 aromatic carbocycles. The summed E-state index contributed by atoms with van der Waals surface area (Å²) >= 11 is 0. The summed E-state index contributed by atoms with van der Waals surface area (Å²) in [4.78, 5) is 15.7. The van der Waals surface area contributed by atoms with Crippen LogP contribution < -0.4 is 5.32 Å². The summed E-state index contributed by atoms with van der Waals surface area (Å²) in [6.45, 7) is 1.82. The van der Waals surface area contributed by atoms with E-state index >= 15 is 0 Å². The van der Waals surface area contributed by atoms with Crippen LogP contribution in [0.25, 0.3) is 5.65 Å². The molecule has 0 saturated carbocycles. The van der Waals surface area contributed by atoms with Gasteiger partial charge in [0.1, 0.15) is 5.69 Å². The maximum absolute atomic E-state index is 11.3. The summed E-state index contributed by atoms with van der Waals surface area (Å²) in [6.07, 6.45) is 2.81. The lowest BCUT2D eigenvalue weighted by molar-refractivity contribution is 0.111. The molecule has 23 heavy (non-hydrogen) atoms. The van der Waals surface area contributed by atoms with E-state index in [1.54, 1.807) is 4.40 Å². The Morgan fingerprint density at radius 3 is 2.96 bits per heavy atom. The quantitative estimate of drug-likeness (QED) is 0.730. The SMILES string of the molecule is Cc1nc2c(NC3c4ccccc4CC3O)cccn2c1C=O. The van der Waals surface area contributed by atoms with Gasteiger partial charge in [-0.25, -0.2) is 4.98 Å². The van der Waals surface area contributed by atoms with Gasteiger partial charge in [-0.15, -0.1) is 0 Å². The predicted molar refractivity (Wildman–Crippen MR) is 87.8 cm³/mol. The van der Waals surface area contributed by atoms with Gasteiger partial charge in [0.05, 0.1) is 23.5 Å². The van der Waals surface area contributed by atoms with Crippen LogP contribution in [0.3, 0.4) is 0 Å². The van der Waals surface area contributed by atoms with Crippen LogP contribution in [0.2, 0.25) is 0 Å². The Morgan fingerprint density at radius 1 is 1.30 bits per heavy atom. The highest BCUT2D eigenvalue weighted by Gasteiger charge is 2.31. The van der Waals surface area contributed by atoms with Crippen molar-refractivity contribution in [2.24, 2.45) is 0 Å². The number of nitrogens with zero attached hydrogens (tertiary/aromatic N) is 2. The van der Waals surface area contributed by atoms with E-state index in [1.165, 1.54) is 0 Å². The molecule has 0 fully saturated rings. The maximum Gasteiger partial charge on any atom is 0.168 e. The lowest BCUT2D eigenvalue weighted by atomic mass is 10.1. The number of hydrogen-bond donors (Lipinski definition) is 2. The molecule has 0 aliphatic heterocycles. The van der Waals surface area contributed by atoms with Gasteiger partial charge in [-0.2, -0.15) is 0 Å². The van der Waals surface area contributed by atoms with E-state index in [1.807, 2.05) is 49.5 Å². The van der Waals surface area contributed by atoms with Crippen molar-refractivity contribution in [1.29, 1.82) is 0 Å². The highest BCUT2D eigenvalue weighted by Crippen LogP contribution is 2.35. The van der Waals surface area contributed by atoms with Crippen LogP contribution in [0.4, 0.5) is 5.69 Å². The third-order valence-electron chi connectivity index (χ3n) is 4.50. The summed E-state index contributed by atoms with van der Waals surface area (Å²) in [6, 6.07) is 11.7. The number of aryl methyl sites for hydroxylation is 1. The molecule has 2 atom stereocenters. The molecular formula is C18H17N3O2. The minimum Gasteiger partial charge on any atom is -0.390 e. The van der Waals surface area contributed by atoms with E-state index in [0.717, 1.165) is 23.1 Å². The summed E-state index contributed by atoms with van der Waals surface area (Å²) < 4.78 is 1.78. The van der Waals surface area contributed by atoms with Gasteiger partial charge in [-0.05, 0) is 30.2 Å². The van der Waals surface area contributed by atoms with Crippen molar-refractivity contribution in [3.05, 3.63) is 65.1 Å². The second kappa shape index (κ2) is 5.21. The number of aliphatic hydroxyl groups is 1. The molecular weight excluding hydrogens is 290 g/mol. The minimum absolute atomic E-state index is 0.172. The Kier molecular flexibility index (Phi) is 3.16. The number of pyridine rings is 1. The van der Waals surface area contributed by atoms with Crippen molar-refractivity contribution in [2.75, 3.05) is 5.32 Å². The number of aldehydes is 1. The van der Waals surface area contributed by atoms with E-state index in [0.29, 0.717) is 23.5 Å². The first-order valence-corrected chi connectivity index (χ1v) is 7.64. The second-order valence-corrected chi connectivity index (χ2v) is 5.91. The van der Waals surface area contributed by atoms with Crippen LogP contribution in [0, 0.1) is 6.92 Å². The van der Waals surface area contributed by atoms with Crippen molar-refractivity contribution < 1.29 is 9.90 Å². The first-order valence-electron chi connectivity index (χ1n) is 7.64. The number of rotatable bonds is 3. The molecule has 0 radical (unpaired) electrons. The van der Waals surface area contributed by atoms with Crippen molar-refractivity contribution in [3.63, 3.8) is 0 Å². The fourth-order valence-electron chi connectivity index (χ4n) is 3.37. The van der Waals surface area contributed by atoms with Gasteiger partial charge in [0, 0.05) is 12.6 Å². The zero-order valence-electron chi connectivity index (χ0n) is 12.7. The smallest absolute Gasteiger partial charge is 0.168 e. The number of benzene rings is 1. The first-order chi connectivity index (χ1) is 11.2. The number of hydrogen-bond acceptors (Lipinski definition) is 4. The van der Waals surface area contributed by atoms with Crippen LogP contribution in [0.1, 0.15) is 33.4 Å². The molecule has 0 bridgehead atoms. The second-order valence-electron chi connectivity index (χ2n) is 5.91. The topological polar surface area (TPSA) is 66.6 Å². The molecule has 116 valence electrons. The number of nitrogens with one attached hydrogen (secondary N) is 1. The fraction of sp³-hybridized carbons (Fsp3) is 0.222. The van der Waals surface area contributed by atoms with Crippen LogP contribution >= 0.6 is 0 Å². The van der Waals surface area contributed by atoms with Gasteiger partial charge in [0.25, 0.3) is 0 Å². The summed E-state index contributed by atoms with van der Waals surface area (Å²) in [5.74, 6) is 0. The number of anilines is 1. The van der Waals surface area contributed by atoms with Gasteiger partial charge < -0.3 is 10.4 Å². The number of carbonyl (C=O) groups excluding carboxylic acids is 1. The normalized spacial score (nSPS) is 19.7. The van der Waals surface area contributed by atoms with E-state index in [2.05, 4.69) is 10.3 Å². The van der Waals surface area contributed by atoms with Crippen LogP contribution in [0.15, 0.2) is 42.6 Å². The minimum atomic E-state index is -0.478. The summed E-state index contributed by atoms with van der Waals surface area (Å²) in [5.41, 5.74) is 5.03. The van der Waals surface area contributed by atoms with Crippen molar-refractivity contribution in [3.8, 4) is 0 Å². The van der Waals surface area contributed by atoms with E-state index in [9.17, 15) is 9.90 Å². The molecule has 2 N–H and O–H groups in total. The zero-order valence-corrected chi connectivity index (χ0v) is 12.7. The number of imidazole rings is 1. The monoisotopic (exact) mass is 307 g/mol. The van der Waals surface area contributed by atoms with Crippen molar-refractivity contribution in [2.45, 2.75) is 25.5 Å². The molecule has 1 aliphatic rings. The van der Waals surface area contributed by atoms with E-state index in [4.69, 9.17) is 0 Å². The highest BCUT2D eigenvalue weighted by molar-refractivity contribution is 5.80. The number of fused-ring (bicyclic) bond motifs is 2. The Bertz CT molecular complexity index is 900. The van der Waals surface area contributed by atoms with Gasteiger partial charge >= 0.3 is 0 Å². The van der Waals surface area contributed by atoms with Crippen LogP contribution in [-0.2, 0) is 6.42 Å². The maximum atomic E-state index is 11.3. The molecule has 2 unspecified atom stereocenters. The lowest BCUT2D eigenvalue weighted by Crippen LogP contribution is -2.21. The van der Waals surface area contributed by atoms with E-state index in [-0.39, 0.29) is 6.04 Å². The molecule has 2 aromatic heterocycles. The molecule has 1 aliphatic carbocycles. The van der Waals surface area contributed by atoms with Gasteiger partial charge in [0.2, 0.25) is 0 Å². The third kappa shape index (κ3) is 2.12. The van der Waals surface area contributed by atoms with Gasteiger partial charge in [0.15, 0.2) is 11.9 Å². The van der Waals surface area contributed by atoms with Gasteiger partial charge in [-0.1, -0.05) is 24.3 Å². The van der Waals surface area contributed by atoms with Crippen LogP contribution in [-0.4, -0.2) is 26.9 Å². The molecule has 0 amide bonds. The molecule has 5 heteroatoms. The molecule has 0 spiro atoms. The Labute approximate surface area is 133 Å². The molecule has 0 saturated heterocycles. The van der Waals surface area contributed by atoms with Crippen molar-refractivity contribution in [1.82, 2.24) is 9.38 Å². The molecule has 2 heterocycles. The molecule has 4 rings (SSSR count). The highest BCUT2D eigenvalue weighted by atomic mass is 16.3. The van der Waals surface area contributed by atoms with Crippen molar-refractivity contribution >= 4 is 17.6 Å². The zero-order chi connectivity index (χ0) is 16.0. The summed E-state index contributed by atoms with van der Waals surface area (Å²) in [7, 11) is 0. The number of aromatic nitrogens is 2. The number of aliphatic hydroxyl groups excluding tert-OH is 1. The first kappa shape index (κ1) is 14.0. The largest absolute Gasteiger partial charge is 0.390 e. The summed E-state index contributed by atoms with van der Waals surface area (Å²) in [5, 5.41) is 13.8. The molecule has 5 nitrogen and oxygen atoms in total. The Balaban J connectivity index is 1.78. The number of carbonyl (C=O) groups is 1. The average molecular weight is 307 g/mol. The molecule has 3 aromatic rings. The Morgan fingerprint density at radius 2 is 2.13 bits per heavy atom. The van der Waals surface area contributed by atoms with E-state index < -0.39 is 6.10 Å². The Hall–Kier alpha value is -2.66. The van der Waals surface area contributed by atoms with Crippen LogP contribution in [0.5, 0.6) is 0 Å². The standard InChI is InChI=1S/C18H17N3O2/c1-11-15(10-22)21-8-4-7-14(18(21)19-11)20-17-13-6-3-2-5-12(13)9-16(17)23/h2-8,10,16-17,20,23H,9H2,1H3. The van der Waals surface area contributed by atoms with Gasteiger partial charge in [-0.3, -0.25) is 9.20 Å². The third-order valence-corrected chi connectivity index (χ3v) is 4.50. The average Bonchev–Trinajstić information content (AvgIpc) is 3.04. The fourth-order valence-corrected chi connectivity index (χ4v) is 3.37. The lowest BCUT2D eigenvalue weighted by Gasteiger charge is -2.19. The predicted octanol–water partition coefficient (Wildman–Crippen LogP) is 2.53.